The van der Waals surface area contributed by atoms with Crippen LogP contribution in [0.15, 0.2) is 27.5 Å². The average Bonchev–Trinajstić information content (AvgIpc) is 3.02. The third-order valence-corrected chi connectivity index (χ3v) is 3.39. The first-order valence-electron chi connectivity index (χ1n) is 6.57. The van der Waals surface area contributed by atoms with E-state index in [1.807, 2.05) is 0 Å². The SMILES string of the molecule is O=c1oc2cccnc2n1CCNCC1CCOC1. The van der Waals surface area contributed by atoms with Crippen LogP contribution in [0.1, 0.15) is 6.42 Å². The fraction of sp³-hybridized carbons (Fsp3) is 0.538. The van der Waals surface area contributed by atoms with Crippen LogP contribution in [0.5, 0.6) is 0 Å². The highest BCUT2D eigenvalue weighted by Gasteiger charge is 2.15. The Balaban J connectivity index is 1.59. The highest BCUT2D eigenvalue weighted by Crippen LogP contribution is 2.10. The lowest BCUT2D eigenvalue weighted by atomic mass is 10.1. The van der Waals surface area contributed by atoms with Gasteiger partial charge in [0.05, 0.1) is 6.61 Å². The van der Waals surface area contributed by atoms with E-state index >= 15 is 0 Å². The zero-order valence-electron chi connectivity index (χ0n) is 10.7. The van der Waals surface area contributed by atoms with Crippen molar-refractivity contribution in [3.63, 3.8) is 0 Å². The highest BCUT2D eigenvalue weighted by molar-refractivity contribution is 5.67. The molecule has 2 aromatic heterocycles. The third kappa shape index (κ3) is 2.69. The summed E-state index contributed by atoms with van der Waals surface area (Å²) in [5, 5.41) is 3.35. The molecular weight excluding hydrogens is 246 g/mol. The van der Waals surface area contributed by atoms with Gasteiger partial charge in [-0.3, -0.25) is 4.57 Å². The number of pyridine rings is 1. The summed E-state index contributed by atoms with van der Waals surface area (Å²) >= 11 is 0. The molecule has 19 heavy (non-hydrogen) atoms. The third-order valence-electron chi connectivity index (χ3n) is 3.39. The summed E-state index contributed by atoms with van der Waals surface area (Å²) in [7, 11) is 0. The molecule has 1 fully saturated rings. The second kappa shape index (κ2) is 5.54. The predicted molar refractivity (Wildman–Crippen MR) is 70.1 cm³/mol. The summed E-state index contributed by atoms with van der Waals surface area (Å²) in [6.07, 6.45) is 2.78. The van der Waals surface area contributed by atoms with Crippen molar-refractivity contribution in [3.8, 4) is 0 Å². The quantitative estimate of drug-likeness (QED) is 0.801. The van der Waals surface area contributed by atoms with Crippen molar-refractivity contribution in [2.45, 2.75) is 13.0 Å². The summed E-state index contributed by atoms with van der Waals surface area (Å²) < 4.78 is 12.0. The number of fused-ring (bicyclic) bond motifs is 1. The molecule has 1 unspecified atom stereocenters. The summed E-state index contributed by atoms with van der Waals surface area (Å²) in [6.45, 7) is 3.92. The van der Waals surface area contributed by atoms with Gasteiger partial charge in [0.1, 0.15) is 0 Å². The first-order chi connectivity index (χ1) is 9.34. The van der Waals surface area contributed by atoms with Gasteiger partial charge >= 0.3 is 5.76 Å². The van der Waals surface area contributed by atoms with E-state index in [1.165, 1.54) is 0 Å². The van der Waals surface area contributed by atoms with Crippen molar-refractivity contribution in [1.82, 2.24) is 14.9 Å². The Morgan fingerprint density at radius 1 is 1.53 bits per heavy atom. The van der Waals surface area contributed by atoms with Crippen molar-refractivity contribution < 1.29 is 9.15 Å². The van der Waals surface area contributed by atoms with Crippen molar-refractivity contribution >= 4 is 11.2 Å². The van der Waals surface area contributed by atoms with E-state index < -0.39 is 0 Å². The number of nitrogens with zero attached hydrogens (tertiary/aromatic N) is 2. The Morgan fingerprint density at radius 2 is 2.47 bits per heavy atom. The molecule has 3 rings (SSSR count). The van der Waals surface area contributed by atoms with Crippen molar-refractivity contribution in [1.29, 1.82) is 0 Å². The van der Waals surface area contributed by atoms with E-state index in [2.05, 4.69) is 10.3 Å². The van der Waals surface area contributed by atoms with Gasteiger partial charge in [0.2, 0.25) is 0 Å². The molecule has 102 valence electrons. The minimum Gasteiger partial charge on any atom is -0.406 e. The van der Waals surface area contributed by atoms with Crippen molar-refractivity contribution in [3.05, 3.63) is 28.9 Å². The van der Waals surface area contributed by atoms with Crippen LogP contribution >= 0.6 is 0 Å². The summed E-state index contributed by atoms with van der Waals surface area (Å²) in [5.41, 5.74) is 1.15. The molecule has 0 saturated carbocycles. The van der Waals surface area contributed by atoms with E-state index in [0.29, 0.717) is 23.7 Å². The molecular formula is C13H17N3O3. The second-order valence-corrected chi connectivity index (χ2v) is 4.78. The number of aromatic nitrogens is 2. The standard InChI is InChI=1S/C13H17N3O3/c17-13-16(12-11(19-13)2-1-4-15-12)6-5-14-8-10-3-7-18-9-10/h1-2,4,10,14H,3,5-9H2. The molecule has 1 atom stereocenters. The smallest absolute Gasteiger partial charge is 0.406 e. The first-order valence-corrected chi connectivity index (χ1v) is 6.57. The van der Waals surface area contributed by atoms with E-state index in [1.54, 1.807) is 22.9 Å². The lowest BCUT2D eigenvalue weighted by Crippen LogP contribution is -2.29. The summed E-state index contributed by atoms with van der Waals surface area (Å²) in [4.78, 5) is 15.9. The molecule has 0 amide bonds. The molecule has 2 aromatic rings. The van der Waals surface area contributed by atoms with E-state index in [4.69, 9.17) is 9.15 Å². The second-order valence-electron chi connectivity index (χ2n) is 4.78. The minimum absolute atomic E-state index is 0.348. The molecule has 0 radical (unpaired) electrons. The fourth-order valence-corrected chi connectivity index (χ4v) is 2.34. The van der Waals surface area contributed by atoms with Gasteiger partial charge < -0.3 is 14.5 Å². The molecule has 0 bridgehead atoms. The molecule has 6 nitrogen and oxygen atoms in total. The maximum absolute atomic E-state index is 11.7. The number of hydrogen-bond acceptors (Lipinski definition) is 5. The molecule has 1 aliphatic heterocycles. The van der Waals surface area contributed by atoms with Crippen LogP contribution in [0.25, 0.3) is 11.2 Å². The van der Waals surface area contributed by atoms with E-state index in [9.17, 15) is 4.79 Å². The fourth-order valence-electron chi connectivity index (χ4n) is 2.34. The van der Waals surface area contributed by atoms with E-state index in [-0.39, 0.29) is 5.76 Å². The number of rotatable bonds is 5. The maximum atomic E-state index is 11.7. The van der Waals surface area contributed by atoms with Crippen LogP contribution in [0, 0.1) is 5.92 Å². The summed E-state index contributed by atoms with van der Waals surface area (Å²) in [6, 6.07) is 3.51. The lowest BCUT2D eigenvalue weighted by molar-refractivity contribution is 0.185. The van der Waals surface area contributed by atoms with Gasteiger partial charge in [-0.2, -0.15) is 0 Å². The Hall–Kier alpha value is -1.66. The predicted octanol–water partition coefficient (Wildman–Crippen LogP) is 0.616. The maximum Gasteiger partial charge on any atom is 0.421 e. The minimum atomic E-state index is -0.348. The van der Waals surface area contributed by atoms with Crippen molar-refractivity contribution in [2.75, 3.05) is 26.3 Å². The molecule has 0 aromatic carbocycles. The monoisotopic (exact) mass is 263 g/mol. The number of oxazole rings is 1. The van der Waals surface area contributed by atoms with Gasteiger partial charge in [0.15, 0.2) is 11.2 Å². The van der Waals surface area contributed by atoms with Gasteiger partial charge in [0, 0.05) is 32.4 Å². The zero-order chi connectivity index (χ0) is 13.1. The van der Waals surface area contributed by atoms with Gasteiger partial charge in [0.25, 0.3) is 0 Å². The molecule has 6 heteroatoms. The van der Waals surface area contributed by atoms with Crippen LogP contribution < -0.4 is 11.1 Å². The van der Waals surface area contributed by atoms with Crippen LogP contribution in [0.3, 0.4) is 0 Å². The Morgan fingerprint density at radius 3 is 3.32 bits per heavy atom. The highest BCUT2D eigenvalue weighted by atomic mass is 16.5. The average molecular weight is 263 g/mol. The van der Waals surface area contributed by atoms with E-state index in [0.717, 1.165) is 32.7 Å². The molecule has 1 aliphatic rings. The molecule has 0 aliphatic carbocycles. The largest absolute Gasteiger partial charge is 0.421 e. The first kappa shape index (κ1) is 12.4. The van der Waals surface area contributed by atoms with Crippen molar-refractivity contribution in [2.24, 2.45) is 5.92 Å². The van der Waals surface area contributed by atoms with Gasteiger partial charge in [-0.25, -0.2) is 9.78 Å². The lowest BCUT2D eigenvalue weighted by Gasteiger charge is -2.09. The molecule has 1 saturated heterocycles. The molecule has 1 N–H and O–H groups in total. The topological polar surface area (TPSA) is 69.3 Å². The molecule has 0 spiro atoms. The number of ether oxygens (including phenoxy) is 1. The van der Waals surface area contributed by atoms with Gasteiger partial charge in [-0.15, -0.1) is 0 Å². The van der Waals surface area contributed by atoms with Gasteiger partial charge in [-0.05, 0) is 24.5 Å². The van der Waals surface area contributed by atoms with Crippen LogP contribution in [0.2, 0.25) is 0 Å². The number of hydrogen-bond donors (Lipinski definition) is 1. The van der Waals surface area contributed by atoms with Crippen LogP contribution in [0.4, 0.5) is 0 Å². The zero-order valence-corrected chi connectivity index (χ0v) is 10.7. The Kier molecular flexibility index (Phi) is 3.61. The van der Waals surface area contributed by atoms with Crippen LogP contribution in [-0.2, 0) is 11.3 Å². The normalized spacial score (nSPS) is 19.3. The number of nitrogens with one attached hydrogen (secondary N) is 1. The molecule has 3 heterocycles. The Labute approximate surface area is 110 Å². The Bertz CT molecular complexity index is 598. The summed E-state index contributed by atoms with van der Waals surface area (Å²) in [5.74, 6) is 0.246. The van der Waals surface area contributed by atoms with Crippen LogP contribution in [-0.4, -0.2) is 35.9 Å². The van der Waals surface area contributed by atoms with Gasteiger partial charge in [-0.1, -0.05) is 0 Å².